The molecule has 1 aliphatic heterocycles. The van der Waals surface area contributed by atoms with Gasteiger partial charge in [-0.05, 0) is 30.6 Å². The van der Waals surface area contributed by atoms with Crippen LogP contribution in [0.25, 0.3) is 0 Å². The Morgan fingerprint density at radius 1 is 0.789 bits per heavy atom. The highest BCUT2D eigenvalue weighted by molar-refractivity contribution is 5.99. The summed E-state index contributed by atoms with van der Waals surface area (Å²) < 4.78 is 0. The summed E-state index contributed by atoms with van der Waals surface area (Å²) in [6.45, 7) is 0. The Hall–Kier alpha value is -0.860. The minimum atomic E-state index is -0.0326. The molecule has 2 unspecified atom stereocenters. The van der Waals surface area contributed by atoms with Gasteiger partial charge in [-0.1, -0.05) is 44.9 Å². The van der Waals surface area contributed by atoms with Crippen molar-refractivity contribution in [3.05, 3.63) is 0 Å². The maximum absolute atomic E-state index is 12.3. The Labute approximate surface area is 115 Å². The molecule has 1 N–H and O–H groups in total. The van der Waals surface area contributed by atoms with Crippen LogP contribution in [0, 0.1) is 23.7 Å². The normalized spacial score (nSPS) is 34.5. The fraction of sp³-hybridized carbons (Fsp3) is 0.875. The standard InChI is InChI=1S/C16H25NO2/c18-14-10-13(11-6-2-1-3-7-11)15(16(19)17-14)12-8-4-5-9-12/h11-13,15H,1-10H2,(H,17,18,19). The number of rotatable bonds is 2. The molecule has 0 aromatic carbocycles. The van der Waals surface area contributed by atoms with Crippen molar-refractivity contribution in [3.63, 3.8) is 0 Å². The Balaban J connectivity index is 1.78. The first-order chi connectivity index (χ1) is 9.25. The second kappa shape index (κ2) is 5.64. The number of hydrogen-bond donors (Lipinski definition) is 1. The summed E-state index contributed by atoms with van der Waals surface area (Å²) in [5.74, 6) is 1.64. The Kier molecular flexibility index (Phi) is 3.90. The molecular formula is C16H25NO2. The molecule has 2 saturated carbocycles. The molecule has 0 aromatic rings. The summed E-state index contributed by atoms with van der Waals surface area (Å²) in [7, 11) is 0. The van der Waals surface area contributed by atoms with E-state index in [9.17, 15) is 9.59 Å². The average molecular weight is 263 g/mol. The van der Waals surface area contributed by atoms with Gasteiger partial charge in [0.2, 0.25) is 11.8 Å². The van der Waals surface area contributed by atoms with Gasteiger partial charge in [0.05, 0.1) is 0 Å². The van der Waals surface area contributed by atoms with Gasteiger partial charge < -0.3 is 0 Å². The molecule has 19 heavy (non-hydrogen) atoms. The van der Waals surface area contributed by atoms with Gasteiger partial charge in [0.25, 0.3) is 0 Å². The third-order valence-electron chi connectivity index (χ3n) is 5.61. The molecule has 2 amide bonds. The van der Waals surface area contributed by atoms with Crippen LogP contribution in [0.1, 0.15) is 64.2 Å². The van der Waals surface area contributed by atoms with E-state index >= 15 is 0 Å². The molecule has 0 radical (unpaired) electrons. The zero-order valence-electron chi connectivity index (χ0n) is 11.7. The van der Waals surface area contributed by atoms with E-state index in [4.69, 9.17) is 0 Å². The van der Waals surface area contributed by atoms with Crippen molar-refractivity contribution in [2.75, 3.05) is 0 Å². The van der Waals surface area contributed by atoms with Gasteiger partial charge in [-0.15, -0.1) is 0 Å². The fourth-order valence-corrected chi connectivity index (χ4v) is 4.71. The Bertz CT molecular complexity index is 354. The quantitative estimate of drug-likeness (QED) is 0.778. The number of carbonyl (C=O) groups is 2. The van der Waals surface area contributed by atoms with E-state index in [0.717, 1.165) is 0 Å². The lowest BCUT2D eigenvalue weighted by Gasteiger charge is -2.40. The molecule has 3 fully saturated rings. The van der Waals surface area contributed by atoms with E-state index in [1.54, 1.807) is 0 Å². The van der Waals surface area contributed by atoms with Crippen molar-refractivity contribution < 1.29 is 9.59 Å². The minimum Gasteiger partial charge on any atom is -0.296 e. The topological polar surface area (TPSA) is 46.2 Å². The molecule has 2 atom stereocenters. The number of nitrogens with one attached hydrogen (secondary N) is 1. The average Bonchev–Trinajstić information content (AvgIpc) is 2.92. The lowest BCUT2D eigenvalue weighted by atomic mass is 9.66. The number of amides is 2. The molecule has 3 heteroatoms. The molecule has 3 nitrogen and oxygen atoms in total. The van der Waals surface area contributed by atoms with Crippen LogP contribution in [-0.2, 0) is 9.59 Å². The molecule has 3 aliphatic rings. The summed E-state index contributed by atoms with van der Waals surface area (Å²) in [5, 5.41) is 2.60. The maximum atomic E-state index is 12.3. The summed E-state index contributed by atoms with van der Waals surface area (Å²) >= 11 is 0. The summed E-state index contributed by atoms with van der Waals surface area (Å²) in [6.07, 6.45) is 11.9. The van der Waals surface area contributed by atoms with Gasteiger partial charge in [-0.2, -0.15) is 0 Å². The van der Waals surface area contributed by atoms with Crippen LogP contribution in [0.2, 0.25) is 0 Å². The monoisotopic (exact) mass is 263 g/mol. The van der Waals surface area contributed by atoms with Crippen LogP contribution in [-0.4, -0.2) is 11.8 Å². The number of hydrogen-bond acceptors (Lipinski definition) is 2. The van der Waals surface area contributed by atoms with Crippen LogP contribution < -0.4 is 5.32 Å². The van der Waals surface area contributed by atoms with E-state index in [0.29, 0.717) is 24.2 Å². The summed E-state index contributed by atoms with van der Waals surface area (Å²) in [5.41, 5.74) is 0. The van der Waals surface area contributed by atoms with E-state index in [-0.39, 0.29) is 17.7 Å². The predicted molar refractivity (Wildman–Crippen MR) is 73.3 cm³/mol. The molecule has 0 spiro atoms. The summed E-state index contributed by atoms with van der Waals surface area (Å²) in [6, 6.07) is 0. The first-order valence-corrected chi connectivity index (χ1v) is 8.09. The van der Waals surface area contributed by atoms with Crippen molar-refractivity contribution in [1.29, 1.82) is 0 Å². The highest BCUT2D eigenvalue weighted by Crippen LogP contribution is 2.44. The zero-order chi connectivity index (χ0) is 13.2. The molecule has 1 saturated heterocycles. The van der Waals surface area contributed by atoms with Gasteiger partial charge >= 0.3 is 0 Å². The molecular weight excluding hydrogens is 238 g/mol. The molecule has 1 heterocycles. The van der Waals surface area contributed by atoms with Crippen molar-refractivity contribution in [2.45, 2.75) is 64.2 Å². The van der Waals surface area contributed by atoms with Crippen molar-refractivity contribution in [3.8, 4) is 0 Å². The number of carbonyl (C=O) groups excluding carboxylic acids is 2. The lowest BCUT2D eigenvalue weighted by Crippen LogP contribution is -2.50. The first-order valence-electron chi connectivity index (χ1n) is 8.09. The minimum absolute atomic E-state index is 0.0326. The largest absolute Gasteiger partial charge is 0.296 e. The highest BCUT2D eigenvalue weighted by Gasteiger charge is 2.44. The number of imide groups is 1. The van der Waals surface area contributed by atoms with Crippen LogP contribution in [0.15, 0.2) is 0 Å². The first kappa shape index (κ1) is 13.1. The zero-order valence-corrected chi connectivity index (χ0v) is 11.7. The van der Waals surface area contributed by atoms with Gasteiger partial charge in [-0.25, -0.2) is 0 Å². The van der Waals surface area contributed by atoms with Gasteiger partial charge in [0.15, 0.2) is 0 Å². The smallest absolute Gasteiger partial charge is 0.230 e. The highest BCUT2D eigenvalue weighted by atomic mass is 16.2. The van der Waals surface area contributed by atoms with Crippen LogP contribution in [0.4, 0.5) is 0 Å². The van der Waals surface area contributed by atoms with Gasteiger partial charge in [0.1, 0.15) is 0 Å². The van der Waals surface area contributed by atoms with E-state index in [1.165, 1.54) is 57.8 Å². The Morgan fingerprint density at radius 2 is 1.37 bits per heavy atom. The van der Waals surface area contributed by atoms with Crippen LogP contribution in [0.5, 0.6) is 0 Å². The third-order valence-corrected chi connectivity index (χ3v) is 5.61. The fourth-order valence-electron chi connectivity index (χ4n) is 4.71. The van der Waals surface area contributed by atoms with Crippen LogP contribution >= 0.6 is 0 Å². The number of piperidine rings is 1. The second-order valence-electron chi connectivity index (χ2n) is 6.75. The third kappa shape index (κ3) is 2.70. The molecule has 2 aliphatic carbocycles. The van der Waals surface area contributed by atoms with Gasteiger partial charge in [0, 0.05) is 12.3 Å². The van der Waals surface area contributed by atoms with E-state index < -0.39 is 0 Å². The van der Waals surface area contributed by atoms with Crippen LogP contribution in [0.3, 0.4) is 0 Å². The van der Waals surface area contributed by atoms with E-state index in [2.05, 4.69) is 5.32 Å². The SMILES string of the molecule is O=C1CC(C2CCCCC2)C(C2CCCC2)C(=O)N1. The molecule has 0 bridgehead atoms. The predicted octanol–water partition coefficient (Wildman–Crippen LogP) is 3.04. The molecule has 106 valence electrons. The van der Waals surface area contributed by atoms with Crippen molar-refractivity contribution in [2.24, 2.45) is 23.7 Å². The van der Waals surface area contributed by atoms with Crippen molar-refractivity contribution >= 4 is 11.8 Å². The summed E-state index contributed by atoms with van der Waals surface area (Å²) in [4.78, 5) is 24.1. The lowest BCUT2D eigenvalue weighted by molar-refractivity contribution is -0.142. The molecule has 0 aromatic heterocycles. The Morgan fingerprint density at radius 3 is 2.05 bits per heavy atom. The maximum Gasteiger partial charge on any atom is 0.230 e. The van der Waals surface area contributed by atoms with Gasteiger partial charge in [-0.3, -0.25) is 14.9 Å². The molecule has 3 rings (SSSR count). The second-order valence-corrected chi connectivity index (χ2v) is 6.75. The van der Waals surface area contributed by atoms with Crippen molar-refractivity contribution in [1.82, 2.24) is 5.32 Å². The van der Waals surface area contributed by atoms with E-state index in [1.807, 2.05) is 0 Å².